The lowest BCUT2D eigenvalue weighted by atomic mass is 9.76. The molecule has 0 saturated heterocycles. The minimum Gasteiger partial charge on any atom is -0.490 e. The fourth-order valence-electron chi connectivity index (χ4n) is 4.21. The normalized spacial score (nSPS) is 21.2. The van der Waals surface area contributed by atoms with E-state index in [-0.39, 0.29) is 5.69 Å². The second-order valence-electron chi connectivity index (χ2n) is 7.53. The van der Waals surface area contributed by atoms with Crippen LogP contribution in [0.4, 0.5) is 11.4 Å². The predicted octanol–water partition coefficient (Wildman–Crippen LogP) is 5.18. The average Bonchev–Trinajstić information content (AvgIpc) is 2.80. The van der Waals surface area contributed by atoms with Crippen molar-refractivity contribution in [1.29, 1.82) is 0 Å². The number of nitro groups is 1. The molecule has 1 spiro atoms. The molecule has 0 amide bonds. The number of anilines is 1. The van der Waals surface area contributed by atoms with E-state index in [0.29, 0.717) is 28.7 Å². The maximum absolute atomic E-state index is 11.3. The maximum atomic E-state index is 11.3. The van der Waals surface area contributed by atoms with Gasteiger partial charge in [-0.3, -0.25) is 10.1 Å². The molecular weight excluding hydrogens is 380 g/mol. The van der Waals surface area contributed by atoms with Gasteiger partial charge >= 0.3 is 0 Å². The van der Waals surface area contributed by atoms with Crippen LogP contribution < -0.4 is 14.4 Å². The first-order valence-corrected chi connectivity index (χ1v) is 9.46. The highest BCUT2D eigenvalue weighted by molar-refractivity contribution is 6.30. The Kier molecular flexibility index (Phi) is 4.08. The van der Waals surface area contributed by atoms with Crippen LogP contribution in [0.2, 0.25) is 5.02 Å². The summed E-state index contributed by atoms with van der Waals surface area (Å²) >= 11 is 6.26. The minimum absolute atomic E-state index is 0.0273. The van der Waals surface area contributed by atoms with Crippen LogP contribution in [0.15, 0.2) is 36.4 Å². The highest BCUT2D eigenvalue weighted by Gasteiger charge is 2.58. The minimum atomic E-state index is -0.811. The number of likely N-dealkylation sites (N-methyl/N-ethyl adjacent to an activating group) is 1. The molecule has 2 aliphatic rings. The first-order valence-electron chi connectivity index (χ1n) is 9.08. The van der Waals surface area contributed by atoms with Crippen LogP contribution in [-0.4, -0.2) is 24.3 Å². The van der Waals surface area contributed by atoms with Crippen molar-refractivity contribution in [2.45, 2.75) is 31.9 Å². The first-order chi connectivity index (χ1) is 13.2. The molecule has 2 heterocycles. The van der Waals surface area contributed by atoms with Crippen LogP contribution >= 0.6 is 11.6 Å². The standard InChI is InChI=1S/C21H21ClN2O4/c1-5-27-18-12-15(24(25)26)10-13-8-9-21(28-19(13)18)20(2,3)16-11-14(22)6-7-17(16)23(21)4/h6-12H,5H2,1-4H3. The van der Waals surface area contributed by atoms with Crippen molar-refractivity contribution in [3.05, 3.63) is 62.7 Å². The number of hydrogen-bond donors (Lipinski definition) is 0. The molecule has 28 heavy (non-hydrogen) atoms. The lowest BCUT2D eigenvalue weighted by molar-refractivity contribution is -0.385. The number of hydrogen-bond acceptors (Lipinski definition) is 5. The van der Waals surface area contributed by atoms with E-state index < -0.39 is 16.1 Å². The number of ether oxygens (including phenoxy) is 2. The van der Waals surface area contributed by atoms with E-state index in [4.69, 9.17) is 21.1 Å². The van der Waals surface area contributed by atoms with Gasteiger partial charge < -0.3 is 14.4 Å². The largest absolute Gasteiger partial charge is 0.490 e. The van der Waals surface area contributed by atoms with Crippen molar-refractivity contribution in [3.63, 3.8) is 0 Å². The number of non-ortho nitro benzene ring substituents is 1. The topological polar surface area (TPSA) is 64.8 Å². The fourth-order valence-corrected chi connectivity index (χ4v) is 4.38. The fraction of sp³-hybridized carbons (Fsp3) is 0.333. The van der Waals surface area contributed by atoms with Crippen molar-refractivity contribution in [3.8, 4) is 11.5 Å². The van der Waals surface area contributed by atoms with Gasteiger partial charge in [-0.15, -0.1) is 0 Å². The summed E-state index contributed by atoms with van der Waals surface area (Å²) in [5, 5.41) is 12.0. The molecule has 7 heteroatoms. The van der Waals surface area contributed by atoms with Crippen LogP contribution in [0.25, 0.3) is 6.08 Å². The Balaban J connectivity index is 1.89. The molecule has 146 valence electrons. The highest BCUT2D eigenvalue weighted by Crippen LogP contribution is 2.56. The Morgan fingerprint density at radius 2 is 2.04 bits per heavy atom. The zero-order valence-corrected chi connectivity index (χ0v) is 16.9. The number of fused-ring (bicyclic) bond motifs is 2. The summed E-state index contributed by atoms with van der Waals surface area (Å²) in [7, 11) is 1.97. The third-order valence-corrected chi connectivity index (χ3v) is 5.95. The summed E-state index contributed by atoms with van der Waals surface area (Å²) in [5.41, 5.74) is 1.47. The van der Waals surface area contributed by atoms with Crippen LogP contribution in [0.3, 0.4) is 0 Å². The SMILES string of the molecule is CCOc1cc([N+](=O)[O-])cc2c1OC1(C=C2)N(C)c2ccc(Cl)cc2C1(C)C. The molecular formula is C21H21ClN2O4. The number of nitro benzene ring substituents is 1. The molecule has 6 nitrogen and oxygen atoms in total. The Morgan fingerprint density at radius 1 is 1.29 bits per heavy atom. The van der Waals surface area contributed by atoms with Crippen molar-refractivity contribution in [2.24, 2.45) is 0 Å². The summed E-state index contributed by atoms with van der Waals surface area (Å²) in [6, 6.07) is 8.74. The second-order valence-corrected chi connectivity index (χ2v) is 7.97. The third-order valence-electron chi connectivity index (χ3n) is 5.71. The molecule has 2 aliphatic heterocycles. The maximum Gasteiger partial charge on any atom is 0.274 e. The zero-order chi connectivity index (χ0) is 20.3. The average molecular weight is 401 g/mol. The lowest BCUT2D eigenvalue weighted by Gasteiger charge is -2.46. The Morgan fingerprint density at radius 3 is 2.71 bits per heavy atom. The van der Waals surface area contributed by atoms with Gasteiger partial charge in [0.2, 0.25) is 5.72 Å². The predicted molar refractivity (Wildman–Crippen MR) is 110 cm³/mol. The van der Waals surface area contributed by atoms with E-state index in [2.05, 4.69) is 18.7 Å². The van der Waals surface area contributed by atoms with Gasteiger partial charge in [-0.25, -0.2) is 0 Å². The Hall–Kier alpha value is -2.73. The molecule has 2 aromatic carbocycles. The van der Waals surface area contributed by atoms with E-state index in [0.717, 1.165) is 11.3 Å². The van der Waals surface area contributed by atoms with E-state index in [1.807, 2.05) is 44.3 Å². The molecule has 0 N–H and O–H groups in total. The van der Waals surface area contributed by atoms with Crippen molar-refractivity contribution >= 4 is 29.1 Å². The van der Waals surface area contributed by atoms with Crippen molar-refractivity contribution in [2.75, 3.05) is 18.6 Å². The number of nitrogens with zero attached hydrogens (tertiary/aromatic N) is 2. The molecule has 0 fully saturated rings. The smallest absolute Gasteiger partial charge is 0.274 e. The molecule has 4 rings (SSSR count). The van der Waals surface area contributed by atoms with Gasteiger partial charge in [0.25, 0.3) is 5.69 Å². The van der Waals surface area contributed by atoms with Crippen LogP contribution in [0.1, 0.15) is 31.9 Å². The number of rotatable bonds is 3. The monoisotopic (exact) mass is 400 g/mol. The van der Waals surface area contributed by atoms with Gasteiger partial charge in [0, 0.05) is 29.4 Å². The highest BCUT2D eigenvalue weighted by atomic mass is 35.5. The van der Waals surface area contributed by atoms with Crippen LogP contribution in [-0.2, 0) is 5.41 Å². The van der Waals surface area contributed by atoms with Gasteiger partial charge in [-0.05, 0) is 56.7 Å². The molecule has 2 aromatic rings. The van der Waals surface area contributed by atoms with E-state index in [1.165, 1.54) is 12.1 Å². The molecule has 0 bridgehead atoms. The van der Waals surface area contributed by atoms with Gasteiger partial charge in [0.05, 0.1) is 23.0 Å². The third kappa shape index (κ3) is 2.41. The van der Waals surface area contributed by atoms with E-state index in [9.17, 15) is 10.1 Å². The Labute approximate surface area is 168 Å². The van der Waals surface area contributed by atoms with Gasteiger partial charge in [0.15, 0.2) is 11.5 Å². The quantitative estimate of drug-likeness (QED) is 0.524. The van der Waals surface area contributed by atoms with Crippen LogP contribution in [0.5, 0.6) is 11.5 Å². The molecule has 0 aromatic heterocycles. The lowest BCUT2D eigenvalue weighted by Crippen LogP contribution is -2.58. The van der Waals surface area contributed by atoms with Gasteiger partial charge in [-0.2, -0.15) is 0 Å². The van der Waals surface area contributed by atoms with E-state index in [1.54, 1.807) is 0 Å². The summed E-state index contributed by atoms with van der Waals surface area (Å²) in [6.07, 6.45) is 3.84. The molecule has 0 saturated carbocycles. The summed E-state index contributed by atoms with van der Waals surface area (Å²) < 4.78 is 12.3. The summed E-state index contributed by atoms with van der Waals surface area (Å²) in [4.78, 5) is 12.9. The van der Waals surface area contributed by atoms with E-state index >= 15 is 0 Å². The van der Waals surface area contributed by atoms with Gasteiger partial charge in [0.1, 0.15) is 0 Å². The number of halogens is 1. The molecule has 1 unspecified atom stereocenters. The summed E-state index contributed by atoms with van der Waals surface area (Å²) in [5.74, 6) is 0.877. The number of benzene rings is 2. The zero-order valence-electron chi connectivity index (χ0n) is 16.2. The van der Waals surface area contributed by atoms with Crippen molar-refractivity contribution < 1.29 is 14.4 Å². The molecule has 0 radical (unpaired) electrons. The molecule has 0 aliphatic carbocycles. The van der Waals surface area contributed by atoms with Crippen LogP contribution in [0, 0.1) is 10.1 Å². The second kappa shape index (κ2) is 6.14. The van der Waals surface area contributed by atoms with Gasteiger partial charge in [-0.1, -0.05) is 11.6 Å². The Bertz CT molecular complexity index is 1020. The van der Waals surface area contributed by atoms with Crippen molar-refractivity contribution in [1.82, 2.24) is 0 Å². The summed E-state index contributed by atoms with van der Waals surface area (Å²) in [6.45, 7) is 6.42. The first kappa shape index (κ1) is 18.6. The molecule has 1 atom stereocenters.